The molecule has 0 aromatic carbocycles. The average molecular weight is 149 g/mol. The molecule has 1 rings (SSSR count). The van der Waals surface area contributed by atoms with Crippen LogP contribution in [0.3, 0.4) is 0 Å². The maximum Gasteiger partial charge on any atom is 0.189 e. The molecule has 0 heterocycles. The molecular formula is C8H7NO2. The minimum atomic E-state index is -0.312. The van der Waals surface area contributed by atoms with Crippen molar-refractivity contribution in [2.45, 2.75) is 6.92 Å². The molecule has 1 N–H and O–H groups in total. The monoisotopic (exact) mass is 149 g/mol. The number of hydrogen-bond donors (Lipinski definition) is 1. The molecule has 0 aromatic rings. The highest BCUT2D eigenvalue weighted by atomic mass is 16.1. The first-order chi connectivity index (χ1) is 5.11. The molecule has 0 bridgehead atoms. The highest BCUT2D eigenvalue weighted by molar-refractivity contribution is 6.30. The minimum absolute atomic E-state index is 0.0949. The minimum Gasteiger partial charge on any atom is -0.301 e. The zero-order valence-corrected chi connectivity index (χ0v) is 6.05. The Morgan fingerprint density at radius 2 is 2.09 bits per heavy atom. The van der Waals surface area contributed by atoms with E-state index in [-0.39, 0.29) is 22.9 Å². The van der Waals surface area contributed by atoms with Crippen LogP contribution in [0.25, 0.3) is 0 Å². The molecule has 0 aliphatic heterocycles. The maximum atomic E-state index is 10.9. The van der Waals surface area contributed by atoms with Gasteiger partial charge in [-0.3, -0.25) is 9.59 Å². The Bertz CT molecular complexity index is 297. The lowest BCUT2D eigenvalue weighted by atomic mass is 10.0. The molecule has 0 saturated carbocycles. The van der Waals surface area contributed by atoms with Gasteiger partial charge in [0.05, 0.1) is 11.3 Å². The van der Waals surface area contributed by atoms with E-state index in [1.54, 1.807) is 0 Å². The molecule has 3 nitrogen and oxygen atoms in total. The van der Waals surface area contributed by atoms with Gasteiger partial charge in [0.2, 0.25) is 0 Å². The predicted molar refractivity (Wildman–Crippen MR) is 40.6 cm³/mol. The Morgan fingerprint density at radius 1 is 1.45 bits per heavy atom. The van der Waals surface area contributed by atoms with Crippen LogP contribution in [-0.2, 0) is 9.59 Å². The van der Waals surface area contributed by atoms with Gasteiger partial charge in [-0.1, -0.05) is 0 Å². The number of hydrogen-bond acceptors (Lipinski definition) is 3. The van der Waals surface area contributed by atoms with Gasteiger partial charge in [0.1, 0.15) is 0 Å². The van der Waals surface area contributed by atoms with E-state index in [4.69, 9.17) is 5.41 Å². The molecule has 1 aliphatic carbocycles. The Labute approximate surface area is 63.9 Å². The smallest absolute Gasteiger partial charge is 0.189 e. The molecule has 0 radical (unpaired) electrons. The van der Waals surface area contributed by atoms with E-state index in [1.165, 1.54) is 25.2 Å². The fourth-order valence-corrected chi connectivity index (χ4v) is 0.805. The lowest BCUT2D eigenvalue weighted by molar-refractivity contribution is -0.118. The number of rotatable bonds is 1. The quantitative estimate of drug-likeness (QED) is 0.439. The van der Waals surface area contributed by atoms with Crippen molar-refractivity contribution >= 4 is 17.3 Å². The van der Waals surface area contributed by atoms with E-state index in [0.29, 0.717) is 0 Å². The summed E-state index contributed by atoms with van der Waals surface area (Å²) in [5.41, 5.74) is 0.285. The van der Waals surface area contributed by atoms with E-state index >= 15 is 0 Å². The zero-order chi connectivity index (χ0) is 8.43. The molecule has 0 amide bonds. The summed E-state index contributed by atoms with van der Waals surface area (Å²) in [5, 5.41) is 7.13. The second-order valence-corrected chi connectivity index (χ2v) is 2.27. The second kappa shape index (κ2) is 2.62. The fourth-order valence-electron chi connectivity index (χ4n) is 0.805. The molecular weight excluding hydrogens is 142 g/mol. The van der Waals surface area contributed by atoms with E-state index < -0.39 is 0 Å². The number of nitrogens with one attached hydrogen (secondary N) is 1. The molecule has 0 unspecified atom stereocenters. The van der Waals surface area contributed by atoms with Gasteiger partial charge in [0.25, 0.3) is 0 Å². The Morgan fingerprint density at radius 3 is 2.55 bits per heavy atom. The highest BCUT2D eigenvalue weighted by Gasteiger charge is 2.14. The van der Waals surface area contributed by atoms with Crippen LogP contribution in [0.2, 0.25) is 0 Å². The van der Waals surface area contributed by atoms with Gasteiger partial charge in [-0.25, -0.2) is 0 Å². The maximum absolute atomic E-state index is 10.9. The summed E-state index contributed by atoms with van der Waals surface area (Å²) >= 11 is 0. The summed E-state index contributed by atoms with van der Waals surface area (Å²) in [4.78, 5) is 21.6. The van der Waals surface area contributed by atoms with Crippen molar-refractivity contribution in [1.82, 2.24) is 0 Å². The predicted octanol–water partition coefficient (Wildman–Crippen LogP) is 0.660. The molecule has 0 atom stereocenters. The normalized spacial score (nSPS) is 16.6. The lowest BCUT2D eigenvalue weighted by Crippen LogP contribution is -2.12. The molecule has 1 aliphatic rings. The van der Waals surface area contributed by atoms with Gasteiger partial charge < -0.3 is 5.41 Å². The van der Waals surface area contributed by atoms with Gasteiger partial charge in [-0.05, 0) is 25.2 Å². The van der Waals surface area contributed by atoms with E-state index in [1.807, 2.05) is 0 Å². The van der Waals surface area contributed by atoms with Crippen molar-refractivity contribution < 1.29 is 9.59 Å². The van der Waals surface area contributed by atoms with Gasteiger partial charge in [-0.15, -0.1) is 0 Å². The summed E-state index contributed by atoms with van der Waals surface area (Å²) in [6.45, 7) is 1.32. The third kappa shape index (κ3) is 1.49. The summed E-state index contributed by atoms with van der Waals surface area (Å²) in [7, 11) is 0. The summed E-state index contributed by atoms with van der Waals surface area (Å²) < 4.78 is 0. The van der Waals surface area contributed by atoms with Crippen molar-refractivity contribution in [1.29, 1.82) is 5.41 Å². The third-order valence-electron chi connectivity index (χ3n) is 1.36. The van der Waals surface area contributed by atoms with Crippen molar-refractivity contribution in [3.05, 3.63) is 23.8 Å². The molecule has 11 heavy (non-hydrogen) atoms. The van der Waals surface area contributed by atoms with Crippen LogP contribution in [0.5, 0.6) is 0 Å². The molecule has 0 aromatic heterocycles. The van der Waals surface area contributed by atoms with Crippen LogP contribution in [0.15, 0.2) is 23.8 Å². The van der Waals surface area contributed by atoms with Crippen molar-refractivity contribution in [2.75, 3.05) is 0 Å². The number of carbonyl (C=O) groups excluding carboxylic acids is 2. The van der Waals surface area contributed by atoms with Gasteiger partial charge in [0.15, 0.2) is 11.6 Å². The largest absolute Gasteiger partial charge is 0.301 e. The topological polar surface area (TPSA) is 58.0 Å². The van der Waals surface area contributed by atoms with E-state index in [0.717, 1.165) is 0 Å². The first-order valence-corrected chi connectivity index (χ1v) is 3.15. The van der Waals surface area contributed by atoms with Crippen molar-refractivity contribution in [3.8, 4) is 0 Å². The SMILES string of the molecule is CC(=O)C1=CC(=N)C=CC1=O. The number of allylic oxidation sites excluding steroid dienone is 4. The van der Waals surface area contributed by atoms with E-state index in [9.17, 15) is 9.59 Å². The number of Topliss-reactive ketones (excluding diaryl/α,β-unsaturated/α-hetero) is 1. The number of ketones is 2. The molecule has 0 fully saturated rings. The summed E-state index contributed by atoms with van der Waals surface area (Å²) in [5.74, 6) is -0.599. The van der Waals surface area contributed by atoms with Gasteiger partial charge >= 0.3 is 0 Å². The first-order valence-electron chi connectivity index (χ1n) is 3.15. The molecule has 56 valence electrons. The zero-order valence-electron chi connectivity index (χ0n) is 6.05. The first kappa shape index (κ1) is 7.60. The van der Waals surface area contributed by atoms with Crippen LogP contribution in [0, 0.1) is 5.41 Å². The Balaban J connectivity index is 3.03. The van der Waals surface area contributed by atoms with Gasteiger partial charge in [0, 0.05) is 0 Å². The third-order valence-corrected chi connectivity index (χ3v) is 1.36. The summed E-state index contributed by atoms with van der Waals surface area (Å²) in [6.07, 6.45) is 3.89. The highest BCUT2D eigenvalue weighted by Crippen LogP contribution is 2.05. The fraction of sp³-hybridized carbons (Fsp3) is 0.125. The van der Waals surface area contributed by atoms with E-state index in [2.05, 4.69) is 0 Å². The molecule has 0 spiro atoms. The van der Waals surface area contributed by atoms with Crippen LogP contribution >= 0.6 is 0 Å². The van der Waals surface area contributed by atoms with Crippen molar-refractivity contribution in [2.24, 2.45) is 0 Å². The Hall–Kier alpha value is -1.51. The molecule has 3 heteroatoms. The molecule has 0 saturated heterocycles. The van der Waals surface area contributed by atoms with Crippen LogP contribution < -0.4 is 0 Å². The van der Waals surface area contributed by atoms with Crippen LogP contribution in [0.4, 0.5) is 0 Å². The summed E-state index contributed by atoms with van der Waals surface area (Å²) in [6, 6.07) is 0. The number of carbonyl (C=O) groups is 2. The van der Waals surface area contributed by atoms with Gasteiger partial charge in [-0.2, -0.15) is 0 Å². The average Bonchev–Trinajstić information content (AvgIpc) is 1.94. The second-order valence-electron chi connectivity index (χ2n) is 2.27. The standard InChI is InChI=1S/C8H7NO2/c1-5(10)7-4-6(9)2-3-8(7)11/h2-4,9H,1H3. The lowest BCUT2D eigenvalue weighted by Gasteiger charge is -2.02. The van der Waals surface area contributed by atoms with Crippen LogP contribution in [0.1, 0.15) is 6.92 Å². The van der Waals surface area contributed by atoms with Crippen LogP contribution in [-0.4, -0.2) is 17.3 Å². The Kier molecular flexibility index (Phi) is 1.81. The van der Waals surface area contributed by atoms with Crippen molar-refractivity contribution in [3.63, 3.8) is 0 Å².